The van der Waals surface area contributed by atoms with Crippen LogP contribution < -0.4 is 15.5 Å². The molecule has 3 rings (SSSR count). The molecule has 3 aromatic rings. The van der Waals surface area contributed by atoms with Gasteiger partial charge in [-0.3, -0.25) is 0 Å². The van der Waals surface area contributed by atoms with Gasteiger partial charge in [0.1, 0.15) is 18.0 Å². The Morgan fingerprint density at radius 2 is 1.59 bits per heavy atom. The van der Waals surface area contributed by atoms with Crippen LogP contribution >= 0.6 is 0 Å². The van der Waals surface area contributed by atoms with Crippen LogP contribution in [0.1, 0.15) is 24.2 Å². The number of carbonyl (C=O) groups is 1. The molecule has 1 heterocycles. The van der Waals surface area contributed by atoms with Crippen LogP contribution in [0.15, 0.2) is 60.9 Å². The minimum atomic E-state index is -0.383. The summed E-state index contributed by atoms with van der Waals surface area (Å²) in [4.78, 5) is 22.5. The number of aromatic nitrogens is 2. The van der Waals surface area contributed by atoms with Crippen LogP contribution in [0.25, 0.3) is 0 Å². The summed E-state index contributed by atoms with van der Waals surface area (Å²) in [6, 6.07) is 17.1. The summed E-state index contributed by atoms with van der Waals surface area (Å²) >= 11 is 0. The van der Waals surface area contributed by atoms with E-state index < -0.39 is 0 Å². The maximum atomic E-state index is 11.7. The largest absolute Gasteiger partial charge is 0.465 e. The van der Waals surface area contributed by atoms with Gasteiger partial charge in [0.15, 0.2) is 0 Å². The molecule has 0 saturated heterocycles. The van der Waals surface area contributed by atoms with E-state index in [4.69, 9.17) is 4.74 Å². The number of hydrogen-bond acceptors (Lipinski definition) is 7. The number of nitrogens with zero attached hydrogens (tertiary/aromatic N) is 3. The highest BCUT2D eigenvalue weighted by Crippen LogP contribution is 2.22. The van der Waals surface area contributed by atoms with Crippen molar-refractivity contribution in [3.63, 3.8) is 0 Å². The second kappa shape index (κ2) is 9.54. The van der Waals surface area contributed by atoms with Crippen molar-refractivity contribution in [1.29, 1.82) is 0 Å². The average Bonchev–Trinajstić information content (AvgIpc) is 2.75. The van der Waals surface area contributed by atoms with Crippen molar-refractivity contribution in [1.82, 2.24) is 9.97 Å². The van der Waals surface area contributed by atoms with Gasteiger partial charge in [0.05, 0.1) is 12.7 Å². The van der Waals surface area contributed by atoms with E-state index in [1.165, 1.54) is 19.1 Å². The Morgan fingerprint density at radius 1 is 0.931 bits per heavy atom. The fourth-order valence-electron chi connectivity index (χ4n) is 2.98. The van der Waals surface area contributed by atoms with Crippen LogP contribution in [0.5, 0.6) is 0 Å². The van der Waals surface area contributed by atoms with Gasteiger partial charge in [0, 0.05) is 36.2 Å². The molecular weight excluding hydrogens is 366 g/mol. The van der Waals surface area contributed by atoms with Gasteiger partial charge < -0.3 is 20.3 Å². The standard InChI is InChI=1S/C22H25N5O2/c1-4-27(5-2)19-11-9-17(10-12-19)25-20-14-21(24-15-23-20)26-18-8-6-7-16(13-18)22(28)29-3/h6-15H,4-5H2,1-3H3,(H2,23,24,25,26). The summed E-state index contributed by atoms with van der Waals surface area (Å²) in [5.74, 6) is 0.901. The second-order valence-electron chi connectivity index (χ2n) is 6.33. The van der Waals surface area contributed by atoms with Gasteiger partial charge >= 0.3 is 5.97 Å². The highest BCUT2D eigenvalue weighted by Gasteiger charge is 2.07. The molecule has 0 amide bonds. The quantitative estimate of drug-likeness (QED) is 0.543. The molecule has 7 heteroatoms. The molecule has 0 aliphatic carbocycles. The topological polar surface area (TPSA) is 79.4 Å². The van der Waals surface area contributed by atoms with Crippen molar-refractivity contribution in [3.8, 4) is 0 Å². The number of esters is 1. The lowest BCUT2D eigenvalue weighted by Gasteiger charge is -2.21. The first-order valence-electron chi connectivity index (χ1n) is 9.52. The maximum absolute atomic E-state index is 11.7. The molecule has 0 saturated carbocycles. The Balaban J connectivity index is 1.71. The Labute approximate surface area is 170 Å². The first-order valence-corrected chi connectivity index (χ1v) is 9.52. The van der Waals surface area contributed by atoms with Crippen molar-refractivity contribution in [2.75, 3.05) is 35.7 Å². The molecule has 0 unspecified atom stereocenters. The van der Waals surface area contributed by atoms with Crippen LogP contribution in [-0.2, 0) is 4.74 Å². The summed E-state index contributed by atoms with van der Waals surface area (Å²) in [5, 5.41) is 6.47. The zero-order chi connectivity index (χ0) is 20.6. The van der Waals surface area contributed by atoms with Crippen molar-refractivity contribution in [2.24, 2.45) is 0 Å². The molecule has 0 aliphatic rings. The Kier molecular flexibility index (Phi) is 6.63. The number of nitrogens with one attached hydrogen (secondary N) is 2. The molecule has 0 bridgehead atoms. The minimum Gasteiger partial charge on any atom is -0.465 e. The third-order valence-electron chi connectivity index (χ3n) is 4.49. The number of ether oxygens (including phenoxy) is 1. The summed E-state index contributed by atoms with van der Waals surface area (Å²) < 4.78 is 4.76. The highest BCUT2D eigenvalue weighted by molar-refractivity contribution is 5.90. The first-order chi connectivity index (χ1) is 14.1. The van der Waals surface area contributed by atoms with E-state index in [2.05, 4.69) is 51.5 Å². The highest BCUT2D eigenvalue weighted by atomic mass is 16.5. The fraction of sp³-hybridized carbons (Fsp3) is 0.227. The van der Waals surface area contributed by atoms with E-state index in [1.807, 2.05) is 24.3 Å². The van der Waals surface area contributed by atoms with Crippen molar-refractivity contribution in [3.05, 3.63) is 66.5 Å². The third kappa shape index (κ3) is 5.22. The Morgan fingerprint density at radius 3 is 2.21 bits per heavy atom. The lowest BCUT2D eigenvalue weighted by molar-refractivity contribution is 0.0601. The van der Waals surface area contributed by atoms with E-state index in [0.29, 0.717) is 17.2 Å². The van der Waals surface area contributed by atoms with Gasteiger partial charge in [-0.15, -0.1) is 0 Å². The number of anilines is 5. The second-order valence-corrected chi connectivity index (χ2v) is 6.33. The van der Waals surface area contributed by atoms with Crippen LogP contribution in [-0.4, -0.2) is 36.1 Å². The number of hydrogen-bond donors (Lipinski definition) is 2. The molecule has 1 aromatic heterocycles. The average molecular weight is 391 g/mol. The SMILES string of the molecule is CCN(CC)c1ccc(Nc2cc(Nc3cccc(C(=O)OC)c3)ncn2)cc1. The Bertz CT molecular complexity index is 955. The van der Waals surface area contributed by atoms with E-state index in [1.54, 1.807) is 18.2 Å². The van der Waals surface area contributed by atoms with Gasteiger partial charge in [-0.2, -0.15) is 0 Å². The van der Waals surface area contributed by atoms with E-state index >= 15 is 0 Å². The van der Waals surface area contributed by atoms with Gasteiger partial charge in [0.25, 0.3) is 0 Å². The molecule has 7 nitrogen and oxygen atoms in total. The monoisotopic (exact) mass is 391 g/mol. The van der Waals surface area contributed by atoms with Gasteiger partial charge in [-0.25, -0.2) is 14.8 Å². The molecule has 150 valence electrons. The molecule has 0 fully saturated rings. The summed E-state index contributed by atoms with van der Waals surface area (Å²) in [6.07, 6.45) is 1.49. The summed E-state index contributed by atoms with van der Waals surface area (Å²) in [7, 11) is 1.36. The van der Waals surface area contributed by atoms with Crippen LogP contribution in [0, 0.1) is 0 Å². The number of methoxy groups -OCH3 is 1. The molecule has 0 radical (unpaired) electrons. The zero-order valence-corrected chi connectivity index (χ0v) is 16.8. The van der Waals surface area contributed by atoms with Crippen LogP contribution in [0.2, 0.25) is 0 Å². The molecule has 0 spiro atoms. The Hall–Kier alpha value is -3.61. The summed E-state index contributed by atoms with van der Waals surface area (Å²) in [5.41, 5.74) is 3.34. The van der Waals surface area contributed by atoms with Gasteiger partial charge in [-0.05, 0) is 56.3 Å². The van der Waals surface area contributed by atoms with E-state index in [-0.39, 0.29) is 5.97 Å². The number of benzene rings is 2. The summed E-state index contributed by atoms with van der Waals surface area (Å²) in [6.45, 7) is 6.24. The van der Waals surface area contributed by atoms with Crippen molar-refractivity contribution < 1.29 is 9.53 Å². The third-order valence-corrected chi connectivity index (χ3v) is 4.49. The zero-order valence-electron chi connectivity index (χ0n) is 16.8. The first kappa shape index (κ1) is 20.1. The molecule has 2 N–H and O–H groups in total. The molecule has 29 heavy (non-hydrogen) atoms. The van der Waals surface area contributed by atoms with Gasteiger partial charge in [-0.1, -0.05) is 6.07 Å². The minimum absolute atomic E-state index is 0.383. The number of carbonyl (C=O) groups excluding carboxylic acids is 1. The van der Waals surface area contributed by atoms with E-state index in [9.17, 15) is 4.79 Å². The van der Waals surface area contributed by atoms with Crippen molar-refractivity contribution in [2.45, 2.75) is 13.8 Å². The van der Waals surface area contributed by atoms with Crippen molar-refractivity contribution >= 4 is 34.7 Å². The lowest BCUT2D eigenvalue weighted by Crippen LogP contribution is -2.21. The van der Waals surface area contributed by atoms with Crippen LogP contribution in [0.3, 0.4) is 0 Å². The van der Waals surface area contributed by atoms with E-state index in [0.717, 1.165) is 24.5 Å². The molecule has 0 atom stereocenters. The lowest BCUT2D eigenvalue weighted by atomic mass is 10.2. The number of rotatable bonds is 8. The van der Waals surface area contributed by atoms with Gasteiger partial charge in [0.2, 0.25) is 0 Å². The predicted octanol–water partition coefficient (Wildman–Crippen LogP) is 4.60. The van der Waals surface area contributed by atoms with Crippen LogP contribution in [0.4, 0.5) is 28.7 Å². The molecule has 2 aromatic carbocycles. The fourth-order valence-corrected chi connectivity index (χ4v) is 2.98. The predicted molar refractivity (Wildman–Crippen MR) is 116 cm³/mol. The maximum Gasteiger partial charge on any atom is 0.337 e. The molecular formula is C22H25N5O2. The smallest absolute Gasteiger partial charge is 0.337 e. The normalized spacial score (nSPS) is 10.3. The molecule has 0 aliphatic heterocycles.